The fraction of sp³-hybridized carbons (Fsp3) is 0.629. The smallest absolute Gasteiger partial charge is 0.303 e. The lowest BCUT2D eigenvalue weighted by Crippen LogP contribution is -2.59. The Bertz CT molecular complexity index is 2910. The zero-order valence-electron chi connectivity index (χ0n) is 54.7. The number of amides is 10. The summed E-state index contributed by atoms with van der Waals surface area (Å²) in [6.07, 6.45) is -6.39. The number of carbonyl (C=O) groups is 17. The van der Waals surface area contributed by atoms with Gasteiger partial charge in [-0.2, -0.15) is 0 Å². The summed E-state index contributed by atoms with van der Waals surface area (Å²) < 4.78 is 5.57. The first kappa shape index (κ1) is 82.6. The molecule has 1 heterocycles. The number of unbranched alkanes of at least 4 members (excludes halogenated alkanes) is 1. The number of likely N-dealkylation sites (N-methyl/N-ethyl adjacent to an activating group) is 1. The first-order valence-electron chi connectivity index (χ1n) is 31.7. The lowest BCUT2D eigenvalue weighted by atomic mass is 9.91. The summed E-state index contributed by atoms with van der Waals surface area (Å²) in [5.41, 5.74) is 6.24. The van der Waals surface area contributed by atoms with Crippen LogP contribution in [0.25, 0.3) is 0 Å². The van der Waals surface area contributed by atoms with Crippen LogP contribution >= 0.6 is 0 Å². The van der Waals surface area contributed by atoms with Crippen molar-refractivity contribution in [1.29, 1.82) is 0 Å². The third kappa shape index (κ3) is 32.1. The number of nitrogens with two attached hydrogens (primary N) is 1. The number of hydrogen-bond acceptors (Lipinski definition) is 19. The Labute approximate surface area is 554 Å². The number of nitrogens with zero attached hydrogens (tertiary/aromatic N) is 1. The van der Waals surface area contributed by atoms with Crippen LogP contribution in [-0.2, 0) is 87.9 Å². The van der Waals surface area contributed by atoms with Crippen LogP contribution in [0, 0.1) is 11.8 Å². The van der Waals surface area contributed by atoms with E-state index in [2.05, 4.69) is 47.9 Å². The van der Waals surface area contributed by atoms with E-state index in [9.17, 15) is 107 Å². The van der Waals surface area contributed by atoms with Gasteiger partial charge in [-0.05, 0) is 103 Å². The molecule has 0 saturated carbocycles. The Kier molecular flexibility index (Phi) is 37.4. The zero-order valence-corrected chi connectivity index (χ0v) is 54.7. The number of rotatable bonds is 48. The second kappa shape index (κ2) is 43.5. The number of Topliss-reactive ketones (excluding diaryl/α,β-unsaturated/α-hetero) is 2. The summed E-state index contributed by atoms with van der Waals surface area (Å²) in [5.74, 6) is -19.1. The SMILES string of the molecule is CCNC(=O)[C@H](CC(C)C)NC(=O)[C@@H]1CCCN1C(=O)COCCNC(=O)[C@H](Cc1ccc(C(C)=O)cc1)NC(=O)[C@@H](CCC(=O)O)NC(=O)[C@@H](CCC(=O)O)NC(=O)[C@@H](CCC(=O)O)NC(=O)[C@@H](CCC(=O)O)NC(=O)[C@@H](CCC(=O)O)CC(=O)[C@@H](CCCCN)NC(C)=O. The van der Waals surface area contributed by atoms with Gasteiger partial charge in [-0.3, -0.25) is 81.5 Å². The predicted molar refractivity (Wildman–Crippen MR) is 336 cm³/mol. The molecular formula is C62H93N11O23. The molecule has 1 fully saturated rings. The van der Waals surface area contributed by atoms with Crippen LogP contribution in [0.15, 0.2) is 24.3 Å². The van der Waals surface area contributed by atoms with E-state index in [1.165, 1.54) is 36.1 Å². The molecule has 34 nitrogen and oxygen atoms in total. The number of carbonyl (C=O) groups excluding carboxylic acids is 12. The highest BCUT2D eigenvalue weighted by atomic mass is 16.5. The third-order valence-corrected chi connectivity index (χ3v) is 15.1. The molecule has 0 unspecified atom stereocenters. The van der Waals surface area contributed by atoms with Crippen molar-refractivity contribution in [3.63, 3.8) is 0 Å². The predicted octanol–water partition coefficient (Wildman–Crippen LogP) is -1.82. The standard InChI is InChI=1S/C62H93N11O23/c1-6-64-56(89)45(30-34(2)3)72-62(95)47-11-9-28-73(47)49(77)33-96-29-27-65-57(90)46(31-37-12-14-38(15-13-37)35(4)74)71-61(94)44(20-25-54(86)87)70-60(93)43(19-24-53(84)85)69-59(92)42(18-23-52(82)83)68-58(91)41(17-22-51(80)81)67-55(88)39(16-21-50(78)79)32-48(76)40(66-36(5)75)10-7-8-26-63/h12-15,34,39-47H,6-11,16-33,63H2,1-5H3,(H,64,89)(H,65,90)(H,66,75)(H,67,88)(H,68,91)(H,69,92)(H,70,93)(H,71,94)(H,72,95)(H,78,79)(H,80,81)(H,82,83)(H,84,85)(H,86,87)/t39-,40+,41+,42+,43+,44+,45-,46-,47-/m0/s1. The normalized spacial score (nSPS) is 15.1. The van der Waals surface area contributed by atoms with Gasteiger partial charge in [0, 0.05) is 83.0 Å². The number of carboxylic acids is 5. The second-order valence-corrected chi connectivity index (χ2v) is 23.5. The molecule has 1 aromatic carbocycles. The van der Waals surface area contributed by atoms with Crippen LogP contribution < -0.4 is 53.6 Å². The van der Waals surface area contributed by atoms with E-state index in [1.807, 2.05) is 13.8 Å². The topological polar surface area (TPSA) is 538 Å². The van der Waals surface area contributed by atoms with Crippen molar-refractivity contribution in [1.82, 2.24) is 52.8 Å². The highest BCUT2D eigenvalue weighted by Crippen LogP contribution is 2.20. The van der Waals surface area contributed by atoms with Gasteiger partial charge in [-0.15, -0.1) is 0 Å². The number of likely N-dealkylation sites (tertiary alicyclic amines) is 1. The minimum Gasteiger partial charge on any atom is -0.481 e. The molecular weight excluding hydrogens is 1270 g/mol. The van der Waals surface area contributed by atoms with Crippen LogP contribution in [0.4, 0.5) is 0 Å². The van der Waals surface area contributed by atoms with Crippen LogP contribution in [-0.4, -0.2) is 219 Å². The molecule has 0 radical (unpaired) electrons. The van der Waals surface area contributed by atoms with Gasteiger partial charge < -0.3 is 88.8 Å². The van der Waals surface area contributed by atoms with Crippen molar-refractivity contribution in [2.45, 2.75) is 199 Å². The van der Waals surface area contributed by atoms with Gasteiger partial charge in [0.2, 0.25) is 59.1 Å². The Balaban J connectivity index is 2.45. The van der Waals surface area contributed by atoms with Crippen molar-refractivity contribution in [2.75, 3.05) is 39.4 Å². The average Bonchev–Trinajstić information content (AvgIpc) is 1.42. The minimum atomic E-state index is -1.99. The van der Waals surface area contributed by atoms with E-state index in [-0.39, 0.29) is 56.7 Å². The number of aliphatic carboxylic acids is 5. The van der Waals surface area contributed by atoms with Crippen molar-refractivity contribution in [2.24, 2.45) is 17.6 Å². The highest BCUT2D eigenvalue weighted by molar-refractivity contribution is 5.99. The first-order chi connectivity index (χ1) is 45.3. The fourth-order valence-electron chi connectivity index (χ4n) is 10.1. The summed E-state index contributed by atoms with van der Waals surface area (Å²) in [5, 5.41) is 70.0. The summed E-state index contributed by atoms with van der Waals surface area (Å²) in [6, 6.07) is -6.27. The van der Waals surface area contributed by atoms with Gasteiger partial charge in [0.25, 0.3) is 0 Å². The monoisotopic (exact) mass is 1360 g/mol. The van der Waals surface area contributed by atoms with Crippen LogP contribution in [0.1, 0.15) is 160 Å². The molecule has 34 heteroatoms. The molecule has 534 valence electrons. The Morgan fingerprint density at radius 3 is 1.44 bits per heavy atom. The molecule has 16 N–H and O–H groups in total. The summed E-state index contributed by atoms with van der Waals surface area (Å²) in [6.45, 7) is 7.71. The lowest BCUT2D eigenvalue weighted by molar-refractivity contribution is -0.142. The molecule has 0 bridgehead atoms. The van der Waals surface area contributed by atoms with Gasteiger partial charge in [-0.1, -0.05) is 38.1 Å². The van der Waals surface area contributed by atoms with E-state index < -0.39 is 220 Å². The van der Waals surface area contributed by atoms with E-state index in [0.29, 0.717) is 49.8 Å². The average molecular weight is 1360 g/mol. The number of carboxylic acid groups (broad SMARTS) is 5. The number of nitrogens with one attached hydrogen (secondary N) is 9. The highest BCUT2D eigenvalue weighted by Gasteiger charge is 2.38. The first-order valence-corrected chi connectivity index (χ1v) is 31.7. The molecule has 1 aromatic rings. The van der Waals surface area contributed by atoms with Crippen LogP contribution in [0.2, 0.25) is 0 Å². The van der Waals surface area contributed by atoms with Crippen LogP contribution in [0.5, 0.6) is 0 Å². The lowest BCUT2D eigenvalue weighted by Gasteiger charge is -2.27. The molecule has 96 heavy (non-hydrogen) atoms. The molecule has 0 aromatic heterocycles. The maximum atomic E-state index is 14.3. The largest absolute Gasteiger partial charge is 0.481 e. The summed E-state index contributed by atoms with van der Waals surface area (Å²) in [7, 11) is 0. The fourth-order valence-corrected chi connectivity index (χ4v) is 10.1. The third-order valence-electron chi connectivity index (χ3n) is 15.1. The Morgan fingerprint density at radius 1 is 0.542 bits per heavy atom. The number of ketones is 2. The Morgan fingerprint density at radius 2 is 1.00 bits per heavy atom. The molecule has 1 aliphatic heterocycles. The van der Waals surface area contributed by atoms with Crippen molar-refractivity contribution >= 4 is 100 Å². The number of benzene rings is 1. The number of ether oxygens (including phenoxy) is 1. The van der Waals surface area contributed by atoms with E-state index >= 15 is 0 Å². The molecule has 0 aliphatic carbocycles. The second-order valence-electron chi connectivity index (χ2n) is 23.5. The molecule has 9 atom stereocenters. The summed E-state index contributed by atoms with van der Waals surface area (Å²) >= 11 is 0. The van der Waals surface area contributed by atoms with Crippen molar-refractivity contribution in [3.8, 4) is 0 Å². The van der Waals surface area contributed by atoms with E-state index in [0.717, 1.165) is 6.92 Å². The quantitative estimate of drug-likeness (QED) is 0.0252. The molecule has 10 amide bonds. The molecule has 2 rings (SSSR count). The maximum Gasteiger partial charge on any atom is 0.303 e. The van der Waals surface area contributed by atoms with Gasteiger partial charge >= 0.3 is 29.8 Å². The van der Waals surface area contributed by atoms with Crippen LogP contribution in [0.3, 0.4) is 0 Å². The zero-order chi connectivity index (χ0) is 72.2. The van der Waals surface area contributed by atoms with Crippen molar-refractivity contribution < 1.29 is 112 Å². The molecule has 0 spiro atoms. The maximum absolute atomic E-state index is 14.3. The summed E-state index contributed by atoms with van der Waals surface area (Å²) in [4.78, 5) is 222. The Hall–Kier alpha value is -9.47. The van der Waals surface area contributed by atoms with Gasteiger partial charge in [-0.25, -0.2) is 0 Å². The van der Waals surface area contributed by atoms with E-state index in [4.69, 9.17) is 10.5 Å². The van der Waals surface area contributed by atoms with Gasteiger partial charge in [0.15, 0.2) is 11.6 Å². The van der Waals surface area contributed by atoms with E-state index in [1.54, 1.807) is 6.92 Å². The van der Waals surface area contributed by atoms with Gasteiger partial charge in [0.05, 0.1) is 12.6 Å². The minimum absolute atomic E-state index is 0.0590. The van der Waals surface area contributed by atoms with Crippen molar-refractivity contribution in [3.05, 3.63) is 35.4 Å². The molecule has 1 saturated heterocycles. The number of hydrogen-bond donors (Lipinski definition) is 15. The molecule has 1 aliphatic rings. The van der Waals surface area contributed by atoms with Gasteiger partial charge in [0.1, 0.15) is 48.9 Å².